The van der Waals surface area contributed by atoms with Crippen LogP contribution in [0.25, 0.3) is 0 Å². The summed E-state index contributed by atoms with van der Waals surface area (Å²) in [6, 6.07) is 7.12. The smallest absolute Gasteiger partial charge is 0.301 e. The van der Waals surface area contributed by atoms with Crippen molar-refractivity contribution in [1.29, 1.82) is 0 Å². The van der Waals surface area contributed by atoms with Crippen molar-refractivity contribution in [2.24, 2.45) is 5.92 Å². The van der Waals surface area contributed by atoms with E-state index in [0.717, 1.165) is 18.4 Å². The Kier molecular flexibility index (Phi) is 5.01. The lowest BCUT2D eigenvalue weighted by molar-refractivity contribution is 0.282. The van der Waals surface area contributed by atoms with E-state index in [1.165, 1.54) is 4.31 Å². The topological polar surface area (TPSA) is 69.6 Å². The molecule has 20 heavy (non-hydrogen) atoms. The van der Waals surface area contributed by atoms with Gasteiger partial charge in [-0.15, -0.1) is 0 Å². The molecule has 1 heterocycles. The molecule has 1 fully saturated rings. The Morgan fingerprint density at radius 2 is 2.05 bits per heavy atom. The van der Waals surface area contributed by atoms with Crippen LogP contribution in [0.2, 0.25) is 0 Å². The number of anilines is 1. The predicted octanol–water partition coefficient (Wildman–Crippen LogP) is 1.61. The summed E-state index contributed by atoms with van der Waals surface area (Å²) in [6.07, 6.45) is 2.58. The van der Waals surface area contributed by atoms with Crippen LogP contribution in [0.3, 0.4) is 0 Å². The maximum Gasteiger partial charge on any atom is 0.301 e. The summed E-state index contributed by atoms with van der Waals surface area (Å²) in [6.45, 7) is 3.34. The van der Waals surface area contributed by atoms with Gasteiger partial charge in [-0.25, -0.2) is 0 Å². The normalized spacial score (nSPS) is 20.8. The number of hydrogen-bond acceptors (Lipinski definition) is 3. The standard InChI is InChI=1S/C14H22N2O3S/c1-12-3-2-9-16(11-12)20(18,19)15-14-6-4-13(5-7-14)8-10-17/h4-7,12,15,17H,2-3,8-11H2,1H3. The molecular formula is C14H22N2O3S. The second kappa shape index (κ2) is 6.56. The molecule has 0 radical (unpaired) electrons. The van der Waals surface area contributed by atoms with Crippen molar-refractivity contribution in [3.63, 3.8) is 0 Å². The molecular weight excluding hydrogens is 276 g/mol. The zero-order valence-electron chi connectivity index (χ0n) is 11.7. The number of aliphatic hydroxyl groups excluding tert-OH is 1. The van der Waals surface area contributed by atoms with Gasteiger partial charge in [0.25, 0.3) is 0 Å². The number of nitrogens with zero attached hydrogens (tertiary/aromatic N) is 1. The first-order chi connectivity index (χ1) is 9.51. The average Bonchev–Trinajstić information content (AvgIpc) is 2.41. The number of hydrogen-bond donors (Lipinski definition) is 2. The molecule has 2 N–H and O–H groups in total. The molecule has 1 aliphatic heterocycles. The summed E-state index contributed by atoms with van der Waals surface area (Å²) in [5.74, 6) is 0.409. The molecule has 2 rings (SSSR count). The first-order valence-corrected chi connectivity index (χ1v) is 8.43. The zero-order chi connectivity index (χ0) is 14.6. The molecule has 1 unspecified atom stereocenters. The average molecular weight is 298 g/mol. The lowest BCUT2D eigenvalue weighted by Crippen LogP contribution is -2.42. The van der Waals surface area contributed by atoms with Gasteiger partial charge in [0.1, 0.15) is 0 Å². The van der Waals surface area contributed by atoms with Crippen LogP contribution in [0.1, 0.15) is 25.3 Å². The van der Waals surface area contributed by atoms with Crippen LogP contribution in [0.15, 0.2) is 24.3 Å². The van der Waals surface area contributed by atoms with Gasteiger partial charge in [0.15, 0.2) is 0 Å². The van der Waals surface area contributed by atoms with Gasteiger partial charge in [-0.1, -0.05) is 19.1 Å². The van der Waals surface area contributed by atoms with E-state index >= 15 is 0 Å². The molecule has 5 nitrogen and oxygen atoms in total. The van der Waals surface area contributed by atoms with Gasteiger partial charge < -0.3 is 5.11 Å². The third kappa shape index (κ3) is 3.94. The number of rotatable bonds is 5. The van der Waals surface area contributed by atoms with Gasteiger partial charge >= 0.3 is 10.2 Å². The van der Waals surface area contributed by atoms with E-state index in [1.54, 1.807) is 12.1 Å². The minimum atomic E-state index is -3.46. The van der Waals surface area contributed by atoms with Crippen molar-refractivity contribution in [1.82, 2.24) is 4.31 Å². The molecule has 0 aliphatic carbocycles. The summed E-state index contributed by atoms with van der Waals surface area (Å²) in [5.41, 5.74) is 1.55. The highest BCUT2D eigenvalue weighted by Gasteiger charge is 2.26. The van der Waals surface area contributed by atoms with E-state index in [9.17, 15) is 8.42 Å². The Morgan fingerprint density at radius 3 is 2.65 bits per heavy atom. The van der Waals surface area contributed by atoms with Gasteiger partial charge in [-0.2, -0.15) is 12.7 Å². The predicted molar refractivity (Wildman–Crippen MR) is 79.7 cm³/mol. The summed E-state index contributed by atoms with van der Waals surface area (Å²) in [4.78, 5) is 0. The molecule has 112 valence electrons. The lowest BCUT2D eigenvalue weighted by Gasteiger charge is -2.30. The van der Waals surface area contributed by atoms with E-state index in [2.05, 4.69) is 11.6 Å². The van der Waals surface area contributed by atoms with Crippen molar-refractivity contribution in [2.75, 3.05) is 24.4 Å². The van der Waals surface area contributed by atoms with E-state index < -0.39 is 10.2 Å². The quantitative estimate of drug-likeness (QED) is 0.867. The van der Waals surface area contributed by atoms with Gasteiger partial charge in [0, 0.05) is 25.4 Å². The molecule has 0 saturated carbocycles. The second-order valence-corrected chi connectivity index (χ2v) is 7.05. The molecule has 1 aromatic rings. The minimum Gasteiger partial charge on any atom is -0.396 e. The fraction of sp³-hybridized carbons (Fsp3) is 0.571. The first kappa shape index (κ1) is 15.3. The number of aliphatic hydroxyl groups is 1. The van der Waals surface area contributed by atoms with Crippen LogP contribution in [0.5, 0.6) is 0 Å². The Morgan fingerprint density at radius 1 is 1.35 bits per heavy atom. The maximum absolute atomic E-state index is 12.3. The SMILES string of the molecule is CC1CCCN(S(=O)(=O)Nc2ccc(CCO)cc2)C1. The van der Waals surface area contributed by atoms with Crippen molar-refractivity contribution in [2.45, 2.75) is 26.2 Å². The molecule has 0 spiro atoms. The molecule has 0 amide bonds. The van der Waals surface area contributed by atoms with E-state index in [1.807, 2.05) is 12.1 Å². The van der Waals surface area contributed by atoms with Crippen LogP contribution in [0, 0.1) is 5.92 Å². The summed E-state index contributed by atoms with van der Waals surface area (Å²) in [7, 11) is -3.46. The van der Waals surface area contributed by atoms with E-state index in [0.29, 0.717) is 31.1 Å². The highest BCUT2D eigenvalue weighted by Crippen LogP contribution is 2.20. The van der Waals surface area contributed by atoms with Crippen LogP contribution < -0.4 is 4.72 Å². The number of piperidine rings is 1. The Hall–Kier alpha value is -1.11. The molecule has 1 saturated heterocycles. The first-order valence-electron chi connectivity index (χ1n) is 6.99. The van der Waals surface area contributed by atoms with E-state index in [4.69, 9.17) is 5.11 Å². The Labute approximate surface area is 120 Å². The molecule has 1 atom stereocenters. The van der Waals surface area contributed by atoms with E-state index in [-0.39, 0.29) is 6.61 Å². The van der Waals surface area contributed by atoms with Gasteiger partial charge in [0.05, 0.1) is 0 Å². The van der Waals surface area contributed by atoms with Crippen LogP contribution in [0.4, 0.5) is 5.69 Å². The minimum absolute atomic E-state index is 0.0940. The Balaban J connectivity index is 2.03. The zero-order valence-corrected chi connectivity index (χ0v) is 12.6. The van der Waals surface area contributed by atoms with Crippen molar-refractivity contribution >= 4 is 15.9 Å². The fourth-order valence-corrected chi connectivity index (χ4v) is 3.83. The second-order valence-electron chi connectivity index (χ2n) is 5.38. The summed E-state index contributed by atoms with van der Waals surface area (Å²) >= 11 is 0. The third-order valence-corrected chi connectivity index (χ3v) is 5.07. The largest absolute Gasteiger partial charge is 0.396 e. The summed E-state index contributed by atoms with van der Waals surface area (Å²) in [5, 5.41) is 8.85. The van der Waals surface area contributed by atoms with Gasteiger partial charge in [-0.05, 0) is 42.9 Å². The van der Waals surface area contributed by atoms with Crippen molar-refractivity contribution < 1.29 is 13.5 Å². The summed E-state index contributed by atoms with van der Waals surface area (Å²) < 4.78 is 28.7. The number of nitrogens with one attached hydrogen (secondary N) is 1. The van der Waals surface area contributed by atoms with Crippen molar-refractivity contribution in [3.8, 4) is 0 Å². The van der Waals surface area contributed by atoms with Crippen LogP contribution in [-0.2, 0) is 16.6 Å². The highest BCUT2D eigenvalue weighted by molar-refractivity contribution is 7.90. The molecule has 0 aromatic heterocycles. The van der Waals surface area contributed by atoms with Gasteiger partial charge in [0.2, 0.25) is 0 Å². The molecule has 1 aliphatic rings. The third-order valence-electron chi connectivity index (χ3n) is 3.56. The monoisotopic (exact) mass is 298 g/mol. The molecule has 0 bridgehead atoms. The maximum atomic E-state index is 12.3. The van der Waals surface area contributed by atoms with Crippen LogP contribution in [-0.4, -0.2) is 37.5 Å². The van der Waals surface area contributed by atoms with Crippen molar-refractivity contribution in [3.05, 3.63) is 29.8 Å². The van der Waals surface area contributed by atoms with Crippen LogP contribution >= 0.6 is 0 Å². The number of benzene rings is 1. The lowest BCUT2D eigenvalue weighted by atomic mass is 10.0. The Bertz CT molecular complexity index is 528. The molecule has 1 aromatic carbocycles. The van der Waals surface area contributed by atoms with Gasteiger partial charge in [-0.3, -0.25) is 4.72 Å². The fourth-order valence-electron chi connectivity index (χ4n) is 2.45. The molecule has 6 heteroatoms. The highest BCUT2D eigenvalue weighted by atomic mass is 32.2.